The van der Waals surface area contributed by atoms with E-state index in [1.165, 1.54) is 21.7 Å². The lowest BCUT2D eigenvalue weighted by Gasteiger charge is -2.34. The molecule has 3 saturated heterocycles. The highest BCUT2D eigenvalue weighted by molar-refractivity contribution is 6.00. The number of anilines is 2. The molecule has 2 N–H and O–H groups in total. The molecule has 0 bridgehead atoms. The number of aryl methyl sites for hydroxylation is 1. The van der Waals surface area contributed by atoms with Gasteiger partial charge in [0.2, 0.25) is 30.1 Å². The van der Waals surface area contributed by atoms with E-state index in [9.17, 15) is 14.4 Å². The number of hydrogen-bond donors (Lipinski definition) is 2. The lowest BCUT2D eigenvalue weighted by molar-refractivity contribution is -0.141. The average molecular weight is 640 g/mol. The fourth-order valence-electron chi connectivity index (χ4n) is 7.02. The molecule has 0 saturated carbocycles. The SMILES string of the molecule is COc1ccnc(NC2CCN(c3ccc(CN4CCC(c5ccc(C)c(CN(C=O)C6CCC(=O)NC6=O)c5)CC4)cc3)CC2)n1. The number of amides is 3. The Labute approximate surface area is 276 Å². The highest BCUT2D eigenvalue weighted by Crippen LogP contribution is 2.31. The number of aromatic nitrogens is 2. The van der Waals surface area contributed by atoms with E-state index in [4.69, 9.17) is 4.74 Å². The number of imide groups is 1. The Bertz CT molecular complexity index is 1550. The van der Waals surface area contributed by atoms with E-state index in [2.05, 4.69) is 72.9 Å². The van der Waals surface area contributed by atoms with E-state index in [0.717, 1.165) is 75.9 Å². The van der Waals surface area contributed by atoms with Gasteiger partial charge in [0.1, 0.15) is 6.04 Å². The monoisotopic (exact) mass is 639 g/mol. The lowest BCUT2D eigenvalue weighted by atomic mass is 9.87. The Balaban J connectivity index is 0.971. The summed E-state index contributed by atoms with van der Waals surface area (Å²) in [6.45, 7) is 7.38. The summed E-state index contributed by atoms with van der Waals surface area (Å²) in [6, 6.07) is 17.1. The highest BCUT2D eigenvalue weighted by atomic mass is 16.5. The van der Waals surface area contributed by atoms with Crippen molar-refractivity contribution in [1.29, 1.82) is 0 Å². The molecule has 3 amide bonds. The number of ether oxygens (including phenoxy) is 1. The fourth-order valence-corrected chi connectivity index (χ4v) is 7.02. The maximum Gasteiger partial charge on any atom is 0.249 e. The smallest absolute Gasteiger partial charge is 0.249 e. The van der Waals surface area contributed by atoms with E-state index >= 15 is 0 Å². The van der Waals surface area contributed by atoms with Crippen LogP contribution >= 0.6 is 0 Å². The number of nitrogens with zero attached hydrogens (tertiary/aromatic N) is 5. The van der Waals surface area contributed by atoms with Crippen LogP contribution in [0.1, 0.15) is 66.7 Å². The Morgan fingerprint density at radius 1 is 1.00 bits per heavy atom. The van der Waals surface area contributed by atoms with Crippen LogP contribution in [-0.2, 0) is 27.5 Å². The summed E-state index contributed by atoms with van der Waals surface area (Å²) < 4.78 is 5.21. The summed E-state index contributed by atoms with van der Waals surface area (Å²) in [7, 11) is 1.61. The second kappa shape index (κ2) is 14.9. The van der Waals surface area contributed by atoms with Gasteiger partial charge in [-0.25, -0.2) is 4.98 Å². The standard InChI is InChI=1S/C36H45N7O4/c1-25-3-6-28(21-29(25)23-43(24-44)32-9-10-33(45)39-35(32)46)27-12-17-41(18-13-27)22-26-4-7-31(8-5-26)42-19-14-30(15-20-42)38-36-37-16-11-34(40-36)47-2/h3-8,11,16,21,24,27,30,32H,9-10,12-15,17-20,22-23H2,1-2H3,(H,37,38,40)(H,39,45,46). The molecule has 0 spiro atoms. The first kappa shape index (κ1) is 32.4. The summed E-state index contributed by atoms with van der Waals surface area (Å²) in [5.41, 5.74) is 6.04. The summed E-state index contributed by atoms with van der Waals surface area (Å²) in [5.74, 6) is 0.979. The van der Waals surface area contributed by atoms with Gasteiger partial charge in [0, 0.05) is 56.6 Å². The number of benzene rings is 2. The minimum absolute atomic E-state index is 0.252. The maximum absolute atomic E-state index is 12.4. The molecular weight excluding hydrogens is 594 g/mol. The van der Waals surface area contributed by atoms with Crippen molar-refractivity contribution in [2.24, 2.45) is 0 Å². The molecule has 0 radical (unpaired) electrons. The molecule has 2 aromatic carbocycles. The van der Waals surface area contributed by atoms with Gasteiger partial charge in [0.15, 0.2) is 0 Å². The predicted molar refractivity (Wildman–Crippen MR) is 180 cm³/mol. The van der Waals surface area contributed by atoms with Crippen molar-refractivity contribution in [3.8, 4) is 5.88 Å². The number of nitrogens with one attached hydrogen (secondary N) is 2. The van der Waals surface area contributed by atoms with Gasteiger partial charge in [-0.2, -0.15) is 4.98 Å². The molecular formula is C36H45N7O4. The van der Waals surface area contributed by atoms with Crippen LogP contribution in [0.3, 0.4) is 0 Å². The molecule has 3 fully saturated rings. The zero-order chi connectivity index (χ0) is 32.8. The zero-order valence-corrected chi connectivity index (χ0v) is 27.4. The van der Waals surface area contributed by atoms with Gasteiger partial charge in [-0.05, 0) is 92.4 Å². The Kier molecular flexibility index (Phi) is 10.3. The van der Waals surface area contributed by atoms with Crippen LogP contribution in [0.5, 0.6) is 5.88 Å². The van der Waals surface area contributed by atoms with Gasteiger partial charge in [0.05, 0.1) is 7.11 Å². The molecule has 11 nitrogen and oxygen atoms in total. The number of hydrogen-bond acceptors (Lipinski definition) is 9. The molecule has 11 heteroatoms. The van der Waals surface area contributed by atoms with Gasteiger partial charge in [0.25, 0.3) is 0 Å². The third-order valence-electron chi connectivity index (χ3n) is 9.91. The number of piperidine rings is 3. The second-order valence-corrected chi connectivity index (χ2v) is 13.0. The number of likely N-dealkylation sites (tertiary alicyclic amines) is 1. The third kappa shape index (κ3) is 8.08. The topological polar surface area (TPSA) is 120 Å². The number of carbonyl (C=O) groups is 3. The molecule has 6 rings (SSSR count). The quantitative estimate of drug-likeness (QED) is 0.237. The molecule has 47 heavy (non-hydrogen) atoms. The number of carbonyl (C=O) groups excluding carboxylic acids is 3. The summed E-state index contributed by atoms with van der Waals surface area (Å²) in [6.07, 6.45) is 7.27. The Hall–Kier alpha value is -4.51. The van der Waals surface area contributed by atoms with Crippen LogP contribution in [0.2, 0.25) is 0 Å². The van der Waals surface area contributed by atoms with Crippen LogP contribution < -0.4 is 20.3 Å². The van der Waals surface area contributed by atoms with Gasteiger partial charge in [-0.15, -0.1) is 0 Å². The lowest BCUT2D eigenvalue weighted by Crippen LogP contribution is -2.51. The van der Waals surface area contributed by atoms with Crippen LogP contribution in [0.4, 0.5) is 11.6 Å². The van der Waals surface area contributed by atoms with E-state index in [0.29, 0.717) is 36.8 Å². The van der Waals surface area contributed by atoms with Crippen molar-refractivity contribution in [2.75, 3.05) is 43.5 Å². The van der Waals surface area contributed by atoms with Crippen LogP contribution in [0, 0.1) is 6.92 Å². The van der Waals surface area contributed by atoms with Gasteiger partial charge < -0.3 is 19.9 Å². The third-order valence-corrected chi connectivity index (χ3v) is 9.91. The van der Waals surface area contributed by atoms with Crippen molar-refractivity contribution < 1.29 is 19.1 Å². The van der Waals surface area contributed by atoms with Crippen molar-refractivity contribution in [3.05, 3.63) is 77.0 Å². The summed E-state index contributed by atoms with van der Waals surface area (Å²) in [5, 5.41) is 5.82. The van der Waals surface area contributed by atoms with Crippen LogP contribution in [0.15, 0.2) is 54.7 Å². The molecule has 1 aromatic heterocycles. The Morgan fingerprint density at radius 2 is 1.77 bits per heavy atom. The summed E-state index contributed by atoms with van der Waals surface area (Å²) in [4.78, 5) is 51.1. The van der Waals surface area contributed by atoms with Crippen LogP contribution in [-0.4, -0.2) is 83.4 Å². The van der Waals surface area contributed by atoms with Crippen molar-refractivity contribution >= 4 is 29.9 Å². The van der Waals surface area contributed by atoms with Gasteiger partial charge >= 0.3 is 0 Å². The molecule has 4 heterocycles. The van der Waals surface area contributed by atoms with Crippen molar-refractivity contribution in [1.82, 2.24) is 25.1 Å². The number of rotatable bonds is 11. The van der Waals surface area contributed by atoms with Gasteiger partial charge in [-0.3, -0.25) is 24.6 Å². The molecule has 0 aliphatic carbocycles. The normalized spacial score (nSPS) is 19.7. The van der Waals surface area contributed by atoms with E-state index in [1.807, 2.05) is 6.92 Å². The van der Waals surface area contributed by atoms with E-state index in [-0.39, 0.29) is 12.3 Å². The first-order valence-corrected chi connectivity index (χ1v) is 16.7. The summed E-state index contributed by atoms with van der Waals surface area (Å²) >= 11 is 0. The average Bonchev–Trinajstić information content (AvgIpc) is 3.09. The first-order valence-electron chi connectivity index (χ1n) is 16.7. The van der Waals surface area contributed by atoms with E-state index < -0.39 is 11.9 Å². The van der Waals surface area contributed by atoms with E-state index in [1.54, 1.807) is 19.4 Å². The highest BCUT2D eigenvalue weighted by Gasteiger charge is 2.31. The minimum Gasteiger partial charge on any atom is -0.481 e. The molecule has 1 unspecified atom stereocenters. The van der Waals surface area contributed by atoms with Crippen LogP contribution in [0.25, 0.3) is 0 Å². The molecule has 3 aromatic rings. The molecule has 3 aliphatic rings. The predicted octanol–water partition coefficient (Wildman–Crippen LogP) is 4.02. The fraction of sp³-hybridized carbons (Fsp3) is 0.472. The molecule has 1 atom stereocenters. The maximum atomic E-state index is 12.4. The molecule has 3 aliphatic heterocycles. The zero-order valence-electron chi connectivity index (χ0n) is 27.4. The first-order chi connectivity index (χ1) is 22.9. The van der Waals surface area contributed by atoms with Crippen molar-refractivity contribution in [3.63, 3.8) is 0 Å². The largest absolute Gasteiger partial charge is 0.481 e. The van der Waals surface area contributed by atoms with Crippen molar-refractivity contribution in [2.45, 2.75) is 76.5 Å². The second-order valence-electron chi connectivity index (χ2n) is 13.0. The number of methoxy groups -OCH3 is 1. The Morgan fingerprint density at radius 3 is 2.47 bits per heavy atom. The minimum atomic E-state index is -0.610. The van der Waals surface area contributed by atoms with Gasteiger partial charge in [-0.1, -0.05) is 30.3 Å². The molecule has 248 valence electrons.